The molecule has 0 spiro atoms. The van der Waals surface area contributed by atoms with Gasteiger partial charge >= 0.3 is 0 Å². The number of hydrogen-bond acceptors (Lipinski definition) is 5. The van der Waals surface area contributed by atoms with Gasteiger partial charge < -0.3 is 4.90 Å². The zero-order valence-electron chi connectivity index (χ0n) is 14.5. The highest BCUT2D eigenvalue weighted by molar-refractivity contribution is 9.10. The van der Waals surface area contributed by atoms with Crippen molar-refractivity contribution < 1.29 is 8.42 Å². The quantitative estimate of drug-likeness (QED) is 0.664. The van der Waals surface area contributed by atoms with E-state index in [4.69, 9.17) is 0 Å². The van der Waals surface area contributed by atoms with Gasteiger partial charge in [0.15, 0.2) is 0 Å². The van der Waals surface area contributed by atoms with Crippen molar-refractivity contribution in [3.05, 3.63) is 59.3 Å². The average molecular weight is 447 g/mol. The van der Waals surface area contributed by atoms with Gasteiger partial charge in [0, 0.05) is 36.0 Å². The van der Waals surface area contributed by atoms with Crippen LogP contribution in [-0.4, -0.2) is 37.5 Å². The summed E-state index contributed by atoms with van der Waals surface area (Å²) < 4.78 is 28.8. The Morgan fingerprint density at radius 1 is 1.07 bits per heavy atom. The van der Waals surface area contributed by atoms with Crippen LogP contribution in [0.1, 0.15) is 12.8 Å². The SMILES string of the molecule is O=S(=O)(NC1CCN(c2ccnc3cc(Br)cnc23)CC1)c1ccccc1. The fourth-order valence-corrected chi connectivity index (χ4v) is 5.02. The first-order valence-electron chi connectivity index (χ1n) is 8.75. The molecule has 0 amide bonds. The topological polar surface area (TPSA) is 75.2 Å². The lowest BCUT2D eigenvalue weighted by Gasteiger charge is -2.34. The molecule has 1 saturated heterocycles. The van der Waals surface area contributed by atoms with Gasteiger partial charge in [-0.15, -0.1) is 0 Å². The second-order valence-corrected chi connectivity index (χ2v) is 9.18. The molecule has 2 aromatic heterocycles. The molecule has 8 heteroatoms. The second kappa shape index (κ2) is 7.53. The number of sulfonamides is 1. The number of benzene rings is 1. The van der Waals surface area contributed by atoms with Crippen molar-refractivity contribution >= 4 is 42.7 Å². The van der Waals surface area contributed by atoms with Crippen LogP contribution < -0.4 is 9.62 Å². The Kier molecular flexibility index (Phi) is 5.12. The van der Waals surface area contributed by atoms with Crippen LogP contribution in [0.3, 0.4) is 0 Å². The molecular weight excluding hydrogens is 428 g/mol. The van der Waals surface area contributed by atoms with Crippen molar-refractivity contribution in [2.24, 2.45) is 0 Å². The van der Waals surface area contributed by atoms with Gasteiger partial charge in [-0.25, -0.2) is 13.1 Å². The minimum Gasteiger partial charge on any atom is -0.370 e. The average Bonchev–Trinajstić information content (AvgIpc) is 2.68. The zero-order valence-corrected chi connectivity index (χ0v) is 16.9. The van der Waals surface area contributed by atoms with Crippen LogP contribution in [0.2, 0.25) is 0 Å². The summed E-state index contributed by atoms with van der Waals surface area (Å²) in [6.45, 7) is 1.53. The molecule has 0 aliphatic carbocycles. The largest absolute Gasteiger partial charge is 0.370 e. The molecule has 0 atom stereocenters. The third-order valence-electron chi connectivity index (χ3n) is 4.73. The molecule has 0 radical (unpaired) electrons. The number of anilines is 1. The van der Waals surface area contributed by atoms with Gasteiger partial charge in [0.1, 0.15) is 5.52 Å². The molecule has 1 aromatic carbocycles. The van der Waals surface area contributed by atoms with E-state index in [1.165, 1.54) is 0 Å². The minimum absolute atomic E-state index is 0.0679. The molecule has 0 saturated carbocycles. The number of pyridine rings is 2. The van der Waals surface area contributed by atoms with Crippen LogP contribution in [-0.2, 0) is 10.0 Å². The van der Waals surface area contributed by atoms with E-state index in [2.05, 4.69) is 35.5 Å². The summed E-state index contributed by atoms with van der Waals surface area (Å²) in [4.78, 5) is 11.5. The van der Waals surface area contributed by atoms with Gasteiger partial charge in [0.2, 0.25) is 10.0 Å². The van der Waals surface area contributed by atoms with Crippen LogP contribution in [0.5, 0.6) is 0 Å². The Hall–Kier alpha value is -2.03. The standard InChI is InChI=1S/C19H19BrN4O2S/c20-14-12-17-19(22-13-14)18(6-9-21-17)24-10-7-15(8-11-24)23-27(25,26)16-4-2-1-3-5-16/h1-6,9,12-13,15,23H,7-8,10-11H2. The lowest BCUT2D eigenvalue weighted by molar-refractivity contribution is 0.460. The summed E-state index contributed by atoms with van der Waals surface area (Å²) in [5.74, 6) is 0. The van der Waals surface area contributed by atoms with Gasteiger partial charge in [-0.2, -0.15) is 0 Å². The lowest BCUT2D eigenvalue weighted by atomic mass is 10.1. The third kappa shape index (κ3) is 3.97. The van der Waals surface area contributed by atoms with E-state index in [0.29, 0.717) is 4.90 Å². The van der Waals surface area contributed by atoms with E-state index in [0.717, 1.165) is 47.1 Å². The lowest BCUT2D eigenvalue weighted by Crippen LogP contribution is -2.44. The Bertz CT molecular complexity index is 1050. The van der Waals surface area contributed by atoms with Crippen LogP contribution in [0.4, 0.5) is 5.69 Å². The molecule has 140 valence electrons. The molecule has 1 fully saturated rings. The predicted octanol–water partition coefficient (Wildman–Crippen LogP) is 3.34. The number of rotatable bonds is 4. The smallest absolute Gasteiger partial charge is 0.240 e. The number of nitrogens with one attached hydrogen (secondary N) is 1. The van der Waals surface area contributed by atoms with Gasteiger partial charge in [-0.3, -0.25) is 9.97 Å². The third-order valence-corrected chi connectivity index (χ3v) is 6.70. The van der Waals surface area contributed by atoms with E-state index in [1.54, 1.807) is 36.7 Å². The van der Waals surface area contributed by atoms with E-state index >= 15 is 0 Å². The van der Waals surface area contributed by atoms with Crippen molar-refractivity contribution in [2.45, 2.75) is 23.8 Å². The minimum atomic E-state index is -3.48. The van der Waals surface area contributed by atoms with Gasteiger partial charge in [0.05, 0.1) is 16.1 Å². The van der Waals surface area contributed by atoms with E-state index in [-0.39, 0.29) is 6.04 Å². The molecule has 1 aliphatic heterocycles. The maximum atomic E-state index is 12.5. The Balaban J connectivity index is 1.47. The molecule has 0 unspecified atom stereocenters. The number of aromatic nitrogens is 2. The number of halogens is 1. The van der Waals surface area contributed by atoms with Crippen LogP contribution in [0.15, 0.2) is 64.2 Å². The molecule has 27 heavy (non-hydrogen) atoms. The van der Waals surface area contributed by atoms with E-state index in [1.807, 2.05) is 18.2 Å². The summed E-state index contributed by atoms with van der Waals surface area (Å²) in [5, 5.41) is 0. The summed E-state index contributed by atoms with van der Waals surface area (Å²) >= 11 is 3.43. The Morgan fingerprint density at radius 3 is 2.56 bits per heavy atom. The number of nitrogens with zero attached hydrogens (tertiary/aromatic N) is 3. The highest BCUT2D eigenvalue weighted by atomic mass is 79.9. The predicted molar refractivity (Wildman–Crippen MR) is 109 cm³/mol. The highest BCUT2D eigenvalue weighted by Gasteiger charge is 2.25. The van der Waals surface area contributed by atoms with E-state index < -0.39 is 10.0 Å². The van der Waals surface area contributed by atoms with Crippen LogP contribution >= 0.6 is 15.9 Å². The molecule has 0 bridgehead atoms. The molecule has 1 aliphatic rings. The second-order valence-electron chi connectivity index (χ2n) is 6.55. The van der Waals surface area contributed by atoms with Gasteiger partial charge in [-0.05, 0) is 53.0 Å². The van der Waals surface area contributed by atoms with Crippen LogP contribution in [0, 0.1) is 0 Å². The maximum absolute atomic E-state index is 12.5. The van der Waals surface area contributed by atoms with Crippen molar-refractivity contribution in [1.29, 1.82) is 0 Å². The number of fused-ring (bicyclic) bond motifs is 1. The monoisotopic (exact) mass is 446 g/mol. The summed E-state index contributed by atoms with van der Waals surface area (Å²) in [6.07, 6.45) is 5.04. The van der Waals surface area contributed by atoms with Gasteiger partial charge in [0.25, 0.3) is 0 Å². The first kappa shape index (κ1) is 18.3. The van der Waals surface area contributed by atoms with Crippen molar-refractivity contribution in [2.75, 3.05) is 18.0 Å². The fourth-order valence-electron chi connectivity index (χ4n) is 3.37. The highest BCUT2D eigenvalue weighted by Crippen LogP contribution is 2.28. The Morgan fingerprint density at radius 2 is 1.81 bits per heavy atom. The molecule has 1 N–H and O–H groups in total. The Labute approximate surface area is 166 Å². The molecule has 3 aromatic rings. The van der Waals surface area contributed by atoms with Gasteiger partial charge in [-0.1, -0.05) is 18.2 Å². The molecule has 6 nitrogen and oxygen atoms in total. The maximum Gasteiger partial charge on any atom is 0.240 e. The summed E-state index contributed by atoms with van der Waals surface area (Å²) in [7, 11) is -3.48. The number of piperidine rings is 1. The first-order chi connectivity index (χ1) is 13.0. The molecular formula is C19H19BrN4O2S. The number of hydrogen-bond donors (Lipinski definition) is 1. The first-order valence-corrected chi connectivity index (χ1v) is 11.0. The zero-order chi connectivity index (χ0) is 18.9. The van der Waals surface area contributed by atoms with Crippen molar-refractivity contribution in [3.8, 4) is 0 Å². The molecule has 4 rings (SSSR count). The van der Waals surface area contributed by atoms with Crippen molar-refractivity contribution in [1.82, 2.24) is 14.7 Å². The normalized spacial score (nSPS) is 16.0. The van der Waals surface area contributed by atoms with Crippen molar-refractivity contribution in [3.63, 3.8) is 0 Å². The fraction of sp³-hybridized carbons (Fsp3) is 0.263. The van der Waals surface area contributed by atoms with E-state index in [9.17, 15) is 8.42 Å². The summed E-state index contributed by atoms with van der Waals surface area (Å²) in [6, 6.07) is 12.4. The summed E-state index contributed by atoms with van der Waals surface area (Å²) in [5.41, 5.74) is 2.75. The molecule has 3 heterocycles. The van der Waals surface area contributed by atoms with Crippen LogP contribution in [0.25, 0.3) is 11.0 Å².